The number of carbonyl (C=O) groups is 1. The Balaban J connectivity index is 1.50. The fourth-order valence-electron chi connectivity index (χ4n) is 4.84. The number of aryl methyl sites for hydroxylation is 1. The third-order valence-corrected chi connectivity index (χ3v) is 6.17. The average molecular weight is 488 g/mol. The quantitative estimate of drug-likeness (QED) is 0.505. The van der Waals surface area contributed by atoms with Gasteiger partial charge < -0.3 is 15.4 Å². The first-order chi connectivity index (χ1) is 16.9. The van der Waals surface area contributed by atoms with Crippen LogP contribution in [0.25, 0.3) is 11.3 Å². The van der Waals surface area contributed by atoms with Gasteiger partial charge in [-0.15, -0.1) is 0 Å². The fourth-order valence-corrected chi connectivity index (χ4v) is 4.84. The molecule has 2 N–H and O–H groups in total. The molecule has 0 bridgehead atoms. The van der Waals surface area contributed by atoms with Gasteiger partial charge in [0.2, 0.25) is 5.95 Å². The zero-order valence-corrected chi connectivity index (χ0v) is 21.7. The van der Waals surface area contributed by atoms with E-state index in [1.807, 2.05) is 36.0 Å². The Kier molecular flexibility index (Phi) is 6.83. The van der Waals surface area contributed by atoms with E-state index in [0.717, 1.165) is 35.3 Å². The van der Waals surface area contributed by atoms with E-state index in [0.29, 0.717) is 11.5 Å². The molecule has 1 fully saturated rings. The van der Waals surface area contributed by atoms with Crippen molar-refractivity contribution in [3.05, 3.63) is 54.0 Å². The van der Waals surface area contributed by atoms with Gasteiger partial charge in [0, 0.05) is 23.5 Å². The number of aromatic nitrogens is 4. The molecule has 36 heavy (non-hydrogen) atoms. The van der Waals surface area contributed by atoms with Gasteiger partial charge in [0.1, 0.15) is 6.04 Å². The van der Waals surface area contributed by atoms with E-state index in [1.54, 1.807) is 31.5 Å². The molecule has 3 aromatic rings. The maximum absolute atomic E-state index is 12.3. The van der Waals surface area contributed by atoms with Crippen molar-refractivity contribution in [2.24, 2.45) is 0 Å². The third-order valence-electron chi connectivity index (χ3n) is 6.17. The molecule has 1 amide bonds. The number of nitriles is 1. The second-order valence-corrected chi connectivity index (χ2v) is 10.6. The third kappa shape index (κ3) is 5.89. The predicted molar refractivity (Wildman–Crippen MR) is 138 cm³/mol. The first kappa shape index (κ1) is 25.3. The highest BCUT2D eigenvalue weighted by molar-refractivity contribution is 5.95. The van der Waals surface area contributed by atoms with Crippen molar-refractivity contribution in [3.63, 3.8) is 0 Å². The lowest BCUT2D eigenvalue weighted by Crippen LogP contribution is -2.45. The van der Waals surface area contributed by atoms with E-state index in [4.69, 9.17) is 15.0 Å². The summed E-state index contributed by atoms with van der Waals surface area (Å²) in [6, 6.07) is 8.82. The maximum Gasteiger partial charge on any atom is 0.252 e. The van der Waals surface area contributed by atoms with Crippen molar-refractivity contribution in [3.8, 4) is 17.3 Å². The first-order valence-corrected chi connectivity index (χ1v) is 12.1. The molecule has 188 valence electrons. The summed E-state index contributed by atoms with van der Waals surface area (Å²) in [6.07, 6.45) is 7.31. The number of anilines is 2. The molecule has 1 atom stereocenters. The summed E-state index contributed by atoms with van der Waals surface area (Å²) in [6.45, 7) is 12.1. The van der Waals surface area contributed by atoms with Crippen LogP contribution in [0.2, 0.25) is 0 Å². The van der Waals surface area contributed by atoms with E-state index in [2.05, 4.69) is 48.4 Å². The van der Waals surface area contributed by atoms with Crippen LogP contribution in [0.5, 0.6) is 0 Å². The monoisotopic (exact) mass is 487 g/mol. The first-order valence-electron chi connectivity index (χ1n) is 12.1. The molecule has 1 aliphatic heterocycles. The van der Waals surface area contributed by atoms with Crippen LogP contribution in [0.15, 0.2) is 42.9 Å². The van der Waals surface area contributed by atoms with Crippen molar-refractivity contribution in [2.45, 2.75) is 77.7 Å². The lowest BCUT2D eigenvalue weighted by molar-refractivity contribution is -0.170. The number of ether oxygens (including phenoxy) is 1. The Labute approximate surface area is 211 Å². The van der Waals surface area contributed by atoms with Crippen LogP contribution in [0.1, 0.15) is 69.4 Å². The van der Waals surface area contributed by atoms with Crippen LogP contribution in [-0.2, 0) is 4.74 Å². The average Bonchev–Trinajstić information content (AvgIpc) is 3.27. The summed E-state index contributed by atoms with van der Waals surface area (Å²) in [7, 11) is 0. The molecular weight excluding hydrogens is 454 g/mol. The molecule has 9 heteroatoms. The molecule has 4 rings (SSSR count). The minimum atomic E-state index is -0.552. The number of rotatable bonds is 6. The standard InChI is InChI=1S/C27H33N7O2/c1-17-14-29-25(33-23(17)19-7-9-20(10-8-19)24(35)31-18(2)13-28)32-21-15-30-34(16-21)22-11-26(3,4)36-27(5,6)12-22/h7-10,14-16,18,22H,11-12H2,1-6H3,(H,31,35)(H,29,32,33)/t18-/m1/s1. The van der Waals surface area contributed by atoms with E-state index in [9.17, 15) is 4.79 Å². The number of amides is 1. The van der Waals surface area contributed by atoms with Gasteiger partial charge in [-0.05, 0) is 72.1 Å². The normalized spacial score (nSPS) is 17.7. The van der Waals surface area contributed by atoms with Gasteiger partial charge in [-0.25, -0.2) is 9.97 Å². The summed E-state index contributed by atoms with van der Waals surface area (Å²) < 4.78 is 8.21. The highest BCUT2D eigenvalue weighted by Crippen LogP contribution is 2.40. The maximum atomic E-state index is 12.3. The van der Waals surface area contributed by atoms with Gasteiger partial charge in [-0.1, -0.05) is 12.1 Å². The van der Waals surface area contributed by atoms with Gasteiger partial charge in [0.05, 0.1) is 40.9 Å². The van der Waals surface area contributed by atoms with Gasteiger partial charge in [-0.3, -0.25) is 9.48 Å². The number of benzene rings is 1. The van der Waals surface area contributed by atoms with Crippen LogP contribution >= 0.6 is 0 Å². The zero-order chi connectivity index (χ0) is 26.1. The summed E-state index contributed by atoms with van der Waals surface area (Å²) in [5.41, 5.74) is 3.41. The molecule has 0 radical (unpaired) electrons. The van der Waals surface area contributed by atoms with Crippen LogP contribution < -0.4 is 10.6 Å². The Morgan fingerprint density at radius 2 is 1.83 bits per heavy atom. The summed E-state index contributed by atoms with van der Waals surface area (Å²) >= 11 is 0. The SMILES string of the molecule is Cc1cnc(Nc2cnn(C3CC(C)(C)OC(C)(C)C3)c2)nc1-c1ccc(C(=O)N[C@H](C)C#N)cc1. The van der Waals surface area contributed by atoms with E-state index in [1.165, 1.54) is 0 Å². The van der Waals surface area contributed by atoms with Crippen molar-refractivity contribution in [2.75, 3.05) is 5.32 Å². The van der Waals surface area contributed by atoms with Crippen LogP contribution in [0.4, 0.5) is 11.6 Å². The smallest absolute Gasteiger partial charge is 0.252 e. The van der Waals surface area contributed by atoms with Gasteiger partial charge >= 0.3 is 0 Å². The van der Waals surface area contributed by atoms with Crippen LogP contribution in [-0.4, -0.2) is 42.9 Å². The fraction of sp³-hybridized carbons (Fsp3) is 0.444. The number of hydrogen-bond donors (Lipinski definition) is 2. The molecule has 1 aliphatic rings. The van der Waals surface area contributed by atoms with E-state index < -0.39 is 6.04 Å². The molecule has 0 spiro atoms. The van der Waals surface area contributed by atoms with Crippen molar-refractivity contribution in [1.82, 2.24) is 25.1 Å². The Bertz CT molecular complexity index is 1270. The van der Waals surface area contributed by atoms with Crippen molar-refractivity contribution in [1.29, 1.82) is 5.26 Å². The summed E-state index contributed by atoms with van der Waals surface area (Å²) in [5, 5.41) is 19.4. The number of carbonyl (C=O) groups excluding carboxylic acids is 1. The van der Waals surface area contributed by atoms with Crippen molar-refractivity contribution < 1.29 is 9.53 Å². The second kappa shape index (κ2) is 9.70. The number of nitrogens with zero attached hydrogens (tertiary/aromatic N) is 5. The lowest BCUT2D eigenvalue weighted by Gasteiger charge is -2.45. The molecule has 2 aromatic heterocycles. The largest absolute Gasteiger partial charge is 0.370 e. The Hall–Kier alpha value is -3.77. The minimum Gasteiger partial charge on any atom is -0.370 e. The lowest BCUT2D eigenvalue weighted by atomic mass is 9.85. The molecule has 0 unspecified atom stereocenters. The number of hydrogen-bond acceptors (Lipinski definition) is 7. The summed E-state index contributed by atoms with van der Waals surface area (Å²) in [5.74, 6) is 0.179. The molecule has 1 saturated heterocycles. The van der Waals surface area contributed by atoms with Gasteiger partial charge in [-0.2, -0.15) is 10.4 Å². The molecule has 0 saturated carbocycles. The molecule has 1 aromatic carbocycles. The number of nitrogens with one attached hydrogen (secondary N) is 2. The highest BCUT2D eigenvalue weighted by atomic mass is 16.5. The zero-order valence-electron chi connectivity index (χ0n) is 21.7. The van der Waals surface area contributed by atoms with Crippen LogP contribution in [0.3, 0.4) is 0 Å². The summed E-state index contributed by atoms with van der Waals surface area (Å²) in [4.78, 5) is 21.4. The second-order valence-electron chi connectivity index (χ2n) is 10.6. The predicted octanol–water partition coefficient (Wildman–Crippen LogP) is 4.94. The highest BCUT2D eigenvalue weighted by Gasteiger charge is 2.40. The van der Waals surface area contributed by atoms with E-state index in [-0.39, 0.29) is 23.2 Å². The molecule has 0 aliphatic carbocycles. The molecule has 3 heterocycles. The Morgan fingerprint density at radius 1 is 1.17 bits per heavy atom. The minimum absolute atomic E-state index is 0.217. The van der Waals surface area contributed by atoms with Crippen molar-refractivity contribution >= 4 is 17.5 Å². The van der Waals surface area contributed by atoms with Crippen LogP contribution in [0, 0.1) is 18.3 Å². The topological polar surface area (TPSA) is 118 Å². The Morgan fingerprint density at radius 3 is 2.47 bits per heavy atom. The van der Waals surface area contributed by atoms with Gasteiger partial charge in [0.25, 0.3) is 5.91 Å². The van der Waals surface area contributed by atoms with Gasteiger partial charge in [0.15, 0.2) is 0 Å². The molecule has 9 nitrogen and oxygen atoms in total. The van der Waals surface area contributed by atoms with E-state index >= 15 is 0 Å². The molecular formula is C27H33N7O2.